The lowest BCUT2D eigenvalue weighted by Gasteiger charge is -2.35. The molecular formula is C18H17BrFNO3S. The molecule has 0 saturated heterocycles. The third kappa shape index (κ3) is 3.23. The summed E-state index contributed by atoms with van der Waals surface area (Å²) in [7, 11) is -2.22. The zero-order chi connectivity index (χ0) is 18.4. The van der Waals surface area contributed by atoms with E-state index in [1.165, 1.54) is 31.3 Å². The van der Waals surface area contributed by atoms with Gasteiger partial charge in [0.25, 0.3) is 0 Å². The first kappa shape index (κ1) is 18.1. The van der Waals surface area contributed by atoms with E-state index >= 15 is 0 Å². The lowest BCUT2D eigenvalue weighted by Crippen LogP contribution is -2.33. The van der Waals surface area contributed by atoms with Crippen molar-refractivity contribution in [2.24, 2.45) is 0 Å². The molecule has 25 heavy (non-hydrogen) atoms. The van der Waals surface area contributed by atoms with Crippen LogP contribution >= 0.6 is 15.9 Å². The Hall–Kier alpha value is -1.70. The van der Waals surface area contributed by atoms with Gasteiger partial charge in [0.05, 0.1) is 4.90 Å². The highest BCUT2D eigenvalue weighted by Gasteiger charge is 2.35. The Labute approximate surface area is 154 Å². The van der Waals surface area contributed by atoms with E-state index in [1.807, 2.05) is 13.8 Å². The minimum atomic E-state index is -3.58. The highest BCUT2D eigenvalue weighted by atomic mass is 79.9. The van der Waals surface area contributed by atoms with Gasteiger partial charge in [0.2, 0.25) is 10.0 Å². The van der Waals surface area contributed by atoms with Gasteiger partial charge >= 0.3 is 0 Å². The smallest absolute Gasteiger partial charge is 0.240 e. The summed E-state index contributed by atoms with van der Waals surface area (Å²) >= 11 is 3.60. The zero-order valence-electron chi connectivity index (χ0n) is 13.9. The predicted molar refractivity (Wildman–Crippen MR) is 98.7 cm³/mol. The first-order valence-electron chi connectivity index (χ1n) is 7.59. The lowest BCUT2D eigenvalue weighted by atomic mass is 9.90. The quantitative estimate of drug-likeness (QED) is 0.806. The number of halogens is 2. The fourth-order valence-corrected chi connectivity index (χ4v) is 3.98. The average molecular weight is 426 g/mol. The van der Waals surface area contributed by atoms with Gasteiger partial charge in [-0.15, -0.1) is 0 Å². The van der Waals surface area contributed by atoms with E-state index in [4.69, 9.17) is 4.74 Å². The second-order valence-corrected chi connectivity index (χ2v) is 8.85. The summed E-state index contributed by atoms with van der Waals surface area (Å²) in [6.45, 7) is 3.76. The Balaban J connectivity index is 2.24. The molecule has 132 valence electrons. The summed E-state index contributed by atoms with van der Waals surface area (Å²) in [5, 5.41) is 0. The molecule has 2 aromatic rings. The third-order valence-corrected chi connectivity index (χ3v) is 6.81. The highest BCUT2D eigenvalue weighted by Crippen LogP contribution is 2.46. The van der Waals surface area contributed by atoms with Crippen molar-refractivity contribution in [3.05, 3.63) is 63.9 Å². The molecule has 1 N–H and O–H groups in total. The molecule has 3 rings (SSSR count). The molecular weight excluding hydrogens is 409 g/mol. The normalized spacial score (nSPS) is 16.4. The second kappa shape index (κ2) is 6.23. The largest absolute Gasteiger partial charge is 0.482 e. The van der Waals surface area contributed by atoms with Crippen LogP contribution < -0.4 is 9.46 Å². The van der Waals surface area contributed by atoms with Crippen molar-refractivity contribution in [1.29, 1.82) is 0 Å². The van der Waals surface area contributed by atoms with Gasteiger partial charge in [0.1, 0.15) is 17.2 Å². The average Bonchev–Trinajstić information content (AvgIpc) is 2.56. The summed E-state index contributed by atoms with van der Waals surface area (Å²) in [5.74, 6) is 0.145. The van der Waals surface area contributed by atoms with Gasteiger partial charge in [-0.2, -0.15) is 0 Å². The molecule has 2 aromatic carbocycles. The van der Waals surface area contributed by atoms with Crippen LogP contribution in [0.2, 0.25) is 0 Å². The fraction of sp³-hybridized carbons (Fsp3) is 0.222. The molecule has 4 nitrogen and oxygen atoms in total. The first-order valence-corrected chi connectivity index (χ1v) is 9.86. The second-order valence-electron chi connectivity index (χ2n) is 6.17. The molecule has 0 bridgehead atoms. The Morgan fingerprint density at radius 2 is 1.76 bits per heavy atom. The summed E-state index contributed by atoms with van der Waals surface area (Å²) in [5.41, 5.74) is 1.71. The number of ether oxygens (including phenoxy) is 1. The Bertz CT molecular complexity index is 966. The van der Waals surface area contributed by atoms with Crippen molar-refractivity contribution in [1.82, 2.24) is 4.72 Å². The van der Waals surface area contributed by atoms with Crippen molar-refractivity contribution in [2.75, 3.05) is 7.05 Å². The summed E-state index contributed by atoms with van der Waals surface area (Å²) in [6.07, 6.45) is 0. The number of benzene rings is 2. The molecule has 0 spiro atoms. The van der Waals surface area contributed by atoms with E-state index < -0.39 is 15.6 Å². The maximum absolute atomic E-state index is 13.3. The van der Waals surface area contributed by atoms with Crippen LogP contribution in [0.5, 0.6) is 5.75 Å². The first-order chi connectivity index (χ1) is 11.7. The number of hydrogen-bond acceptors (Lipinski definition) is 3. The molecule has 0 amide bonds. The van der Waals surface area contributed by atoms with Crippen LogP contribution in [0.15, 0.2) is 51.8 Å². The molecule has 1 aliphatic rings. The molecule has 0 radical (unpaired) electrons. The molecule has 1 heterocycles. The van der Waals surface area contributed by atoms with Crippen molar-refractivity contribution >= 4 is 31.5 Å². The van der Waals surface area contributed by atoms with E-state index in [0.29, 0.717) is 5.75 Å². The van der Waals surface area contributed by atoms with Gasteiger partial charge in [0.15, 0.2) is 0 Å². The van der Waals surface area contributed by atoms with Crippen LogP contribution in [0.25, 0.3) is 5.57 Å². The van der Waals surface area contributed by atoms with Crippen LogP contribution in [0, 0.1) is 5.82 Å². The van der Waals surface area contributed by atoms with Crippen LogP contribution in [0.3, 0.4) is 0 Å². The Morgan fingerprint density at radius 3 is 2.36 bits per heavy atom. The third-order valence-electron chi connectivity index (χ3n) is 4.05. The van der Waals surface area contributed by atoms with Gasteiger partial charge in [-0.3, -0.25) is 0 Å². The fourth-order valence-electron chi connectivity index (χ4n) is 2.72. The number of sulfonamides is 1. The van der Waals surface area contributed by atoms with E-state index in [0.717, 1.165) is 21.2 Å². The minimum absolute atomic E-state index is 0.126. The van der Waals surface area contributed by atoms with Gasteiger partial charge in [-0.1, -0.05) is 28.1 Å². The van der Waals surface area contributed by atoms with Crippen molar-refractivity contribution in [3.8, 4) is 5.75 Å². The molecule has 0 atom stereocenters. The Kier molecular flexibility index (Phi) is 4.51. The molecule has 0 unspecified atom stereocenters. The van der Waals surface area contributed by atoms with Crippen LogP contribution in [-0.4, -0.2) is 21.1 Å². The van der Waals surface area contributed by atoms with E-state index in [1.54, 1.807) is 18.2 Å². The van der Waals surface area contributed by atoms with Gasteiger partial charge in [-0.25, -0.2) is 17.5 Å². The standard InChI is InChI=1S/C18H17BrFNO3S/c1-18(2)17(19)16(11-4-6-12(20)7-5-11)14-9-8-13(10-15(14)24-18)25(22,23)21-3/h4-10,21H,1-3H3. The summed E-state index contributed by atoms with van der Waals surface area (Å²) in [6, 6.07) is 10.9. The maximum atomic E-state index is 13.3. The Morgan fingerprint density at radius 1 is 1.12 bits per heavy atom. The molecule has 0 fully saturated rings. The van der Waals surface area contributed by atoms with E-state index in [2.05, 4.69) is 20.7 Å². The molecule has 1 aliphatic heterocycles. The minimum Gasteiger partial charge on any atom is -0.482 e. The van der Waals surface area contributed by atoms with Crippen molar-refractivity contribution in [2.45, 2.75) is 24.3 Å². The maximum Gasteiger partial charge on any atom is 0.240 e. The van der Waals surface area contributed by atoms with Gasteiger partial charge < -0.3 is 4.74 Å². The zero-order valence-corrected chi connectivity index (χ0v) is 16.3. The number of nitrogens with one attached hydrogen (secondary N) is 1. The summed E-state index contributed by atoms with van der Waals surface area (Å²) in [4.78, 5) is 0.126. The number of fused-ring (bicyclic) bond motifs is 1. The SMILES string of the molecule is CNS(=O)(=O)c1ccc2c(c1)OC(C)(C)C(Br)=C2c1ccc(F)cc1. The van der Waals surface area contributed by atoms with Gasteiger partial charge in [-0.05, 0) is 50.7 Å². The monoisotopic (exact) mass is 425 g/mol. The highest BCUT2D eigenvalue weighted by molar-refractivity contribution is 9.12. The molecule has 7 heteroatoms. The summed E-state index contributed by atoms with van der Waals surface area (Å²) < 4.78 is 46.6. The lowest BCUT2D eigenvalue weighted by molar-refractivity contribution is 0.154. The van der Waals surface area contributed by atoms with Gasteiger partial charge in [0, 0.05) is 21.7 Å². The number of hydrogen-bond donors (Lipinski definition) is 1. The van der Waals surface area contributed by atoms with Crippen LogP contribution in [0.4, 0.5) is 4.39 Å². The predicted octanol–water partition coefficient (Wildman–Crippen LogP) is 4.06. The van der Waals surface area contributed by atoms with Crippen LogP contribution in [0.1, 0.15) is 25.0 Å². The topological polar surface area (TPSA) is 55.4 Å². The van der Waals surface area contributed by atoms with E-state index in [-0.39, 0.29) is 10.7 Å². The van der Waals surface area contributed by atoms with Crippen LogP contribution in [-0.2, 0) is 10.0 Å². The molecule has 0 saturated carbocycles. The molecule has 0 aliphatic carbocycles. The van der Waals surface area contributed by atoms with Crippen molar-refractivity contribution < 1.29 is 17.5 Å². The van der Waals surface area contributed by atoms with Crippen molar-refractivity contribution in [3.63, 3.8) is 0 Å². The van der Waals surface area contributed by atoms with E-state index in [9.17, 15) is 12.8 Å². The molecule has 0 aromatic heterocycles. The number of rotatable bonds is 3.